The Kier molecular flexibility index (Phi) is 3.49. The van der Waals surface area contributed by atoms with Gasteiger partial charge in [-0.3, -0.25) is 9.89 Å². The van der Waals surface area contributed by atoms with Crippen LogP contribution >= 0.6 is 27.3 Å². The van der Waals surface area contributed by atoms with Crippen LogP contribution in [0.2, 0.25) is 0 Å². The van der Waals surface area contributed by atoms with Gasteiger partial charge in [0.1, 0.15) is 0 Å². The van der Waals surface area contributed by atoms with Crippen molar-refractivity contribution in [2.24, 2.45) is 0 Å². The Morgan fingerprint density at radius 1 is 1.71 bits per heavy atom. The fourth-order valence-electron chi connectivity index (χ4n) is 1.31. The topological polar surface area (TPSA) is 83.8 Å². The zero-order chi connectivity index (χ0) is 12.4. The average Bonchev–Trinajstić information content (AvgIpc) is 2.84. The second kappa shape index (κ2) is 4.89. The second-order valence-electron chi connectivity index (χ2n) is 3.49. The molecule has 0 spiro atoms. The molecule has 17 heavy (non-hydrogen) atoms. The van der Waals surface area contributed by atoms with Gasteiger partial charge in [0.05, 0.1) is 17.9 Å². The summed E-state index contributed by atoms with van der Waals surface area (Å²) >= 11 is 4.98. The summed E-state index contributed by atoms with van der Waals surface area (Å²) in [5.74, 6) is -0.271. The van der Waals surface area contributed by atoms with Crippen LogP contribution in [0, 0.1) is 6.92 Å². The van der Waals surface area contributed by atoms with E-state index in [1.807, 2.05) is 11.4 Å². The molecule has 2 heterocycles. The first-order valence-corrected chi connectivity index (χ1v) is 6.57. The fourth-order valence-corrected chi connectivity index (χ4v) is 2.74. The Hall–Kier alpha value is -1.34. The average molecular weight is 315 g/mol. The molecule has 0 radical (unpaired) electrons. The zero-order valence-corrected chi connectivity index (χ0v) is 11.5. The Bertz CT molecular complexity index is 548. The first kappa shape index (κ1) is 12.1. The summed E-state index contributed by atoms with van der Waals surface area (Å²) in [5, 5.41) is 11.3. The molecule has 0 aliphatic heterocycles. The number of nitrogens with two attached hydrogens (primary N) is 1. The van der Waals surface area contributed by atoms with Gasteiger partial charge in [-0.2, -0.15) is 5.10 Å². The number of anilines is 1. The standard InChI is InChI=1S/C10H11BrN4OS/c1-5-8(12)9(15-14-5)10(16)13-4-7-6(11)2-3-17-7/h2-3H,4,12H2,1H3,(H,13,16)(H,14,15). The van der Waals surface area contributed by atoms with Gasteiger partial charge in [0.15, 0.2) is 5.69 Å². The lowest BCUT2D eigenvalue weighted by Crippen LogP contribution is -2.23. The minimum atomic E-state index is -0.271. The quantitative estimate of drug-likeness (QED) is 0.810. The largest absolute Gasteiger partial charge is 0.395 e. The lowest BCUT2D eigenvalue weighted by molar-refractivity contribution is 0.0947. The molecule has 5 nitrogen and oxygen atoms in total. The van der Waals surface area contributed by atoms with Crippen molar-refractivity contribution in [3.05, 3.63) is 32.2 Å². The summed E-state index contributed by atoms with van der Waals surface area (Å²) in [6.07, 6.45) is 0. The first-order chi connectivity index (χ1) is 8.09. The highest BCUT2D eigenvalue weighted by Crippen LogP contribution is 2.22. The van der Waals surface area contributed by atoms with Crippen LogP contribution in [0.4, 0.5) is 5.69 Å². The molecule has 0 fully saturated rings. The third-order valence-electron chi connectivity index (χ3n) is 2.31. The number of nitrogens with one attached hydrogen (secondary N) is 2. The summed E-state index contributed by atoms with van der Waals surface area (Å²) in [6.45, 7) is 2.23. The number of rotatable bonds is 3. The van der Waals surface area contributed by atoms with Gasteiger partial charge in [-0.15, -0.1) is 11.3 Å². The van der Waals surface area contributed by atoms with Gasteiger partial charge < -0.3 is 11.1 Å². The molecule has 0 saturated heterocycles. The van der Waals surface area contributed by atoms with Gasteiger partial charge in [-0.1, -0.05) is 0 Å². The predicted molar refractivity (Wildman–Crippen MR) is 70.9 cm³/mol. The molecule has 2 rings (SSSR count). The number of amides is 1. The third-order valence-corrected chi connectivity index (χ3v) is 4.24. The molecular weight excluding hydrogens is 304 g/mol. The minimum Gasteiger partial charge on any atom is -0.395 e. The number of H-pyrrole nitrogens is 1. The number of nitrogen functional groups attached to an aromatic ring is 1. The van der Waals surface area contributed by atoms with Crippen LogP contribution in [-0.4, -0.2) is 16.1 Å². The van der Waals surface area contributed by atoms with Crippen LogP contribution in [0.1, 0.15) is 21.1 Å². The van der Waals surface area contributed by atoms with Gasteiger partial charge in [0.2, 0.25) is 0 Å². The van der Waals surface area contributed by atoms with E-state index in [9.17, 15) is 4.79 Å². The SMILES string of the molecule is Cc1[nH]nc(C(=O)NCc2sccc2Br)c1N. The Labute approximate surface area is 111 Å². The van der Waals surface area contributed by atoms with E-state index in [0.717, 1.165) is 9.35 Å². The number of aromatic nitrogens is 2. The molecule has 90 valence electrons. The normalized spacial score (nSPS) is 10.5. The smallest absolute Gasteiger partial charge is 0.274 e. The molecule has 0 atom stereocenters. The maximum Gasteiger partial charge on any atom is 0.274 e. The minimum absolute atomic E-state index is 0.246. The van der Waals surface area contributed by atoms with E-state index in [0.29, 0.717) is 17.9 Å². The summed E-state index contributed by atoms with van der Waals surface area (Å²) in [5.41, 5.74) is 7.06. The number of aromatic amines is 1. The van der Waals surface area contributed by atoms with Crippen molar-refractivity contribution < 1.29 is 4.79 Å². The maximum atomic E-state index is 11.8. The highest BCUT2D eigenvalue weighted by atomic mass is 79.9. The van der Waals surface area contributed by atoms with Crippen molar-refractivity contribution in [1.82, 2.24) is 15.5 Å². The van der Waals surface area contributed by atoms with Crippen molar-refractivity contribution in [2.75, 3.05) is 5.73 Å². The molecule has 0 aliphatic rings. The van der Waals surface area contributed by atoms with E-state index in [4.69, 9.17) is 5.73 Å². The first-order valence-electron chi connectivity index (χ1n) is 4.90. The van der Waals surface area contributed by atoms with Crippen LogP contribution in [-0.2, 0) is 6.54 Å². The summed E-state index contributed by atoms with van der Waals surface area (Å²) in [7, 11) is 0. The molecule has 2 aromatic rings. The molecule has 2 aromatic heterocycles. The van der Waals surface area contributed by atoms with Crippen LogP contribution in [0.25, 0.3) is 0 Å². The van der Waals surface area contributed by atoms with Crippen LogP contribution in [0.5, 0.6) is 0 Å². The molecule has 4 N–H and O–H groups in total. The van der Waals surface area contributed by atoms with E-state index in [1.54, 1.807) is 18.3 Å². The van der Waals surface area contributed by atoms with Crippen molar-refractivity contribution in [2.45, 2.75) is 13.5 Å². The predicted octanol–water partition coefficient (Wildman–Crippen LogP) is 2.05. The Morgan fingerprint density at radius 2 is 2.47 bits per heavy atom. The number of nitrogens with zero attached hydrogens (tertiary/aromatic N) is 1. The van der Waals surface area contributed by atoms with Gasteiger partial charge >= 0.3 is 0 Å². The van der Waals surface area contributed by atoms with Gasteiger partial charge in [0, 0.05) is 9.35 Å². The number of halogens is 1. The monoisotopic (exact) mass is 314 g/mol. The summed E-state index contributed by atoms with van der Waals surface area (Å²) in [6, 6.07) is 1.94. The molecular formula is C10H11BrN4OS. The van der Waals surface area contributed by atoms with E-state index < -0.39 is 0 Å². The Balaban J connectivity index is 2.03. The maximum absolute atomic E-state index is 11.8. The van der Waals surface area contributed by atoms with Crippen LogP contribution in [0.3, 0.4) is 0 Å². The molecule has 0 unspecified atom stereocenters. The van der Waals surface area contributed by atoms with E-state index in [-0.39, 0.29) is 11.6 Å². The van der Waals surface area contributed by atoms with Crippen molar-refractivity contribution >= 4 is 38.9 Å². The molecule has 0 bridgehead atoms. The number of hydrogen-bond acceptors (Lipinski definition) is 4. The zero-order valence-electron chi connectivity index (χ0n) is 9.08. The number of hydrogen-bond donors (Lipinski definition) is 3. The van der Waals surface area contributed by atoms with Gasteiger partial charge in [-0.25, -0.2) is 0 Å². The molecule has 7 heteroatoms. The van der Waals surface area contributed by atoms with Crippen molar-refractivity contribution in [3.8, 4) is 0 Å². The van der Waals surface area contributed by atoms with Crippen molar-refractivity contribution in [1.29, 1.82) is 0 Å². The number of aryl methyl sites for hydroxylation is 1. The molecule has 0 aliphatic carbocycles. The number of thiophene rings is 1. The van der Waals surface area contributed by atoms with Crippen LogP contribution < -0.4 is 11.1 Å². The highest BCUT2D eigenvalue weighted by Gasteiger charge is 2.15. The molecule has 1 amide bonds. The summed E-state index contributed by atoms with van der Waals surface area (Å²) in [4.78, 5) is 12.9. The van der Waals surface area contributed by atoms with E-state index in [2.05, 4.69) is 31.4 Å². The lowest BCUT2D eigenvalue weighted by Gasteiger charge is -2.02. The Morgan fingerprint density at radius 3 is 3.00 bits per heavy atom. The lowest BCUT2D eigenvalue weighted by atomic mass is 10.3. The van der Waals surface area contributed by atoms with E-state index in [1.165, 1.54) is 0 Å². The van der Waals surface area contributed by atoms with E-state index >= 15 is 0 Å². The third kappa shape index (κ3) is 2.50. The van der Waals surface area contributed by atoms with Crippen LogP contribution in [0.15, 0.2) is 15.9 Å². The fraction of sp³-hybridized carbons (Fsp3) is 0.200. The second-order valence-corrected chi connectivity index (χ2v) is 5.34. The molecule has 0 saturated carbocycles. The highest BCUT2D eigenvalue weighted by molar-refractivity contribution is 9.10. The summed E-state index contributed by atoms with van der Waals surface area (Å²) < 4.78 is 0.994. The van der Waals surface area contributed by atoms with Gasteiger partial charge in [0.25, 0.3) is 5.91 Å². The molecule has 0 aromatic carbocycles. The number of carbonyl (C=O) groups excluding carboxylic acids is 1. The van der Waals surface area contributed by atoms with Gasteiger partial charge in [-0.05, 0) is 34.3 Å². The van der Waals surface area contributed by atoms with Crippen molar-refractivity contribution in [3.63, 3.8) is 0 Å². The number of carbonyl (C=O) groups is 1.